The normalized spacial score (nSPS) is 20.5. The van der Waals surface area contributed by atoms with Gasteiger partial charge in [0.05, 0.1) is 0 Å². The second-order valence-corrected chi connectivity index (χ2v) is 28.6. The summed E-state index contributed by atoms with van der Waals surface area (Å²) in [5.41, 5.74) is 2.92. The van der Waals surface area contributed by atoms with Gasteiger partial charge in [-0.2, -0.15) is 0 Å². The van der Waals surface area contributed by atoms with Gasteiger partial charge >= 0.3 is 156 Å². The molecule has 0 radical (unpaired) electrons. The van der Waals surface area contributed by atoms with Crippen molar-refractivity contribution in [2.75, 3.05) is 4.57 Å². The van der Waals surface area contributed by atoms with Crippen molar-refractivity contribution < 1.29 is 4.23 Å². The molecule has 2 aromatic carbocycles. The first-order valence-corrected chi connectivity index (χ1v) is 17.2. The van der Waals surface area contributed by atoms with E-state index in [2.05, 4.69) is 106 Å². The summed E-state index contributed by atoms with van der Waals surface area (Å²) in [5.74, 6) is 0. The summed E-state index contributed by atoms with van der Waals surface area (Å²) < 4.78 is 4.47. The van der Waals surface area contributed by atoms with E-state index in [1.54, 1.807) is 3.61 Å². The number of hydrogen-bond acceptors (Lipinski definition) is 2. The van der Waals surface area contributed by atoms with Gasteiger partial charge in [0.2, 0.25) is 0 Å². The minimum atomic E-state index is -2.58. The Morgan fingerprint density at radius 1 is 0.958 bits per heavy atom. The van der Waals surface area contributed by atoms with Crippen LogP contribution in [0.2, 0.25) is 6.55 Å². The van der Waals surface area contributed by atoms with Gasteiger partial charge in [0.15, 0.2) is 0 Å². The average molecular weight is 462 g/mol. The molecule has 1 aromatic heterocycles. The van der Waals surface area contributed by atoms with Gasteiger partial charge < -0.3 is 0 Å². The van der Waals surface area contributed by atoms with Crippen LogP contribution in [-0.4, -0.2) is 24.5 Å². The van der Waals surface area contributed by atoms with E-state index in [-0.39, 0.29) is 20.1 Å². The molecule has 5 rings (SSSR count). The predicted molar refractivity (Wildman–Crippen MR) is 104 cm³/mol. The van der Waals surface area contributed by atoms with E-state index in [9.17, 15) is 0 Å². The van der Waals surface area contributed by atoms with Crippen molar-refractivity contribution >= 4 is 45.0 Å². The van der Waals surface area contributed by atoms with Crippen LogP contribution in [-0.2, 0) is 6.54 Å². The van der Waals surface area contributed by atoms with Gasteiger partial charge in [-0.15, -0.1) is 0 Å². The molecule has 5 heteroatoms. The number of rotatable bonds is 2. The molecule has 0 bridgehead atoms. The van der Waals surface area contributed by atoms with E-state index in [1.165, 1.54) is 16.3 Å². The molecule has 0 aliphatic carbocycles. The van der Waals surface area contributed by atoms with Gasteiger partial charge in [0.1, 0.15) is 0 Å². The maximum atomic E-state index is 2.80. The number of pyridine rings is 1. The zero-order chi connectivity index (χ0) is 16.2. The van der Waals surface area contributed by atoms with Crippen LogP contribution in [0.4, 0.5) is 5.69 Å². The molecule has 0 unspecified atom stereocenters. The third-order valence-corrected chi connectivity index (χ3v) is 27.4. The van der Waals surface area contributed by atoms with Gasteiger partial charge in [-0.1, -0.05) is 0 Å². The Balaban J connectivity index is 1.76. The molecule has 3 aromatic rings. The number of para-hydroxylation sites is 1. The van der Waals surface area contributed by atoms with Gasteiger partial charge in [-0.05, 0) is 0 Å². The first kappa shape index (κ1) is 15.0. The Labute approximate surface area is 155 Å². The molecule has 3 heterocycles. The number of nitrogens with zero attached hydrogens (tertiary/aromatic N) is 2. The number of fused-ring (bicyclic) bond motifs is 5. The molecule has 2 aliphatic heterocycles. The Morgan fingerprint density at radius 2 is 1.71 bits per heavy atom. The molecule has 24 heavy (non-hydrogen) atoms. The summed E-state index contributed by atoms with van der Waals surface area (Å²) >= 11 is 1.80. The molecular formula is C19H18N2SSiTe. The monoisotopic (exact) mass is 464 g/mol. The van der Waals surface area contributed by atoms with Crippen molar-refractivity contribution in [3.8, 4) is 0 Å². The molecule has 0 saturated heterocycles. The van der Waals surface area contributed by atoms with E-state index >= 15 is 0 Å². The molecule has 120 valence electrons. The van der Waals surface area contributed by atoms with Crippen molar-refractivity contribution in [3.63, 3.8) is 0 Å². The maximum absolute atomic E-state index is 2.80. The molecule has 0 N–H and O–H groups in total. The second-order valence-electron chi connectivity index (χ2n) is 6.54. The first-order chi connectivity index (χ1) is 11.7. The SMILES string of the molecule is C[Si-]12([Te]c3ccccc3)Sc3ccccc3N1Cc1cccc[n+]12. The van der Waals surface area contributed by atoms with Crippen LogP contribution in [0.15, 0.2) is 83.9 Å². The summed E-state index contributed by atoms with van der Waals surface area (Å²) in [6.07, 6.45) is 2.34. The Bertz CT molecular complexity index is 951. The summed E-state index contributed by atoms with van der Waals surface area (Å²) in [7, 11) is 0. The van der Waals surface area contributed by atoms with Crippen LogP contribution < -0.4 is 12.4 Å². The molecule has 2 nitrogen and oxygen atoms in total. The second kappa shape index (κ2) is 5.12. The third-order valence-electron chi connectivity index (χ3n) is 5.02. The zero-order valence-electron chi connectivity index (χ0n) is 13.4. The Kier molecular flexibility index (Phi) is 3.21. The number of aromatic nitrogens is 1. The fourth-order valence-electron chi connectivity index (χ4n) is 3.94. The van der Waals surface area contributed by atoms with Crippen molar-refractivity contribution in [2.24, 2.45) is 0 Å². The summed E-state index contributed by atoms with van der Waals surface area (Å²) in [5, 5.41) is 0. The van der Waals surface area contributed by atoms with Gasteiger partial charge in [-0.3, -0.25) is 0 Å². The number of hydrogen-bond donors (Lipinski definition) is 0. The minimum absolute atomic E-state index is 0.389. The fourth-order valence-corrected chi connectivity index (χ4v) is 28.9. The van der Waals surface area contributed by atoms with E-state index < -0.39 is 4.37 Å². The summed E-state index contributed by atoms with van der Waals surface area (Å²) in [4.78, 5) is 1.47. The molecule has 2 aliphatic rings. The summed E-state index contributed by atoms with van der Waals surface area (Å²) in [6.45, 7) is 3.66. The molecular weight excluding hydrogens is 444 g/mol. The Hall–Kier alpha value is -1.25. The topological polar surface area (TPSA) is 7.12 Å². The van der Waals surface area contributed by atoms with E-state index in [1.807, 2.05) is 0 Å². The van der Waals surface area contributed by atoms with Gasteiger partial charge in [-0.25, -0.2) is 0 Å². The quantitative estimate of drug-likeness (QED) is 0.541. The summed E-state index contributed by atoms with van der Waals surface area (Å²) in [6, 6.07) is 26.9. The van der Waals surface area contributed by atoms with Crippen molar-refractivity contribution in [1.29, 1.82) is 0 Å². The first-order valence-electron chi connectivity index (χ1n) is 8.17. The standard InChI is InChI=1S/C19H18N2SSiTe/c1-23(24-17-10-3-2-4-11-17)20-14-8-7-9-16(20)15-21(23)18-12-5-6-13-19(18)22-23/h2-14H,15H2,1H3. The van der Waals surface area contributed by atoms with Crippen molar-refractivity contribution in [3.05, 3.63) is 84.7 Å². The number of anilines is 1. The molecule has 0 atom stereocenters. The van der Waals surface area contributed by atoms with Crippen molar-refractivity contribution in [2.45, 2.75) is 18.0 Å². The van der Waals surface area contributed by atoms with Crippen LogP contribution in [0.5, 0.6) is 0 Å². The van der Waals surface area contributed by atoms with E-state index in [4.69, 9.17) is 0 Å². The van der Waals surface area contributed by atoms with Crippen LogP contribution in [0, 0.1) is 0 Å². The zero-order valence-corrected chi connectivity index (χ0v) is 17.6. The van der Waals surface area contributed by atoms with Crippen LogP contribution in [0.25, 0.3) is 0 Å². The van der Waals surface area contributed by atoms with Crippen molar-refractivity contribution in [1.82, 2.24) is 0 Å². The molecule has 0 spiro atoms. The molecule has 0 fully saturated rings. The third kappa shape index (κ3) is 1.93. The molecule has 0 saturated carbocycles. The van der Waals surface area contributed by atoms with E-state index in [0.29, 0.717) is 0 Å². The number of benzene rings is 2. The Morgan fingerprint density at radius 3 is 2.58 bits per heavy atom. The van der Waals surface area contributed by atoms with E-state index in [0.717, 1.165) is 6.54 Å². The van der Waals surface area contributed by atoms with Gasteiger partial charge in [0, 0.05) is 0 Å². The fraction of sp³-hybridized carbons (Fsp3) is 0.105. The average Bonchev–Trinajstić information content (AvgIpc) is 3.00. The van der Waals surface area contributed by atoms with Crippen LogP contribution in [0.3, 0.4) is 0 Å². The van der Waals surface area contributed by atoms with Crippen LogP contribution >= 0.6 is 11.2 Å². The molecule has 0 amide bonds. The predicted octanol–water partition coefficient (Wildman–Crippen LogP) is 3.00. The van der Waals surface area contributed by atoms with Crippen LogP contribution in [0.1, 0.15) is 5.69 Å². The van der Waals surface area contributed by atoms with Gasteiger partial charge in [0.25, 0.3) is 0 Å².